The molecular formula is C35H41FN8O3. The van der Waals surface area contributed by atoms with Gasteiger partial charge in [0.15, 0.2) is 5.83 Å². The van der Waals surface area contributed by atoms with Gasteiger partial charge in [-0.05, 0) is 64.1 Å². The lowest BCUT2D eigenvalue weighted by Gasteiger charge is -2.43. The Labute approximate surface area is 274 Å². The summed E-state index contributed by atoms with van der Waals surface area (Å²) >= 11 is 0. The van der Waals surface area contributed by atoms with E-state index in [1.54, 1.807) is 0 Å². The van der Waals surface area contributed by atoms with E-state index >= 15 is 0 Å². The number of pyridine rings is 1. The summed E-state index contributed by atoms with van der Waals surface area (Å²) in [6, 6.07) is 9.63. The van der Waals surface area contributed by atoms with Gasteiger partial charge in [0.25, 0.3) is 5.91 Å². The number of aromatic nitrogens is 3. The van der Waals surface area contributed by atoms with Gasteiger partial charge in [0.05, 0.1) is 22.5 Å². The van der Waals surface area contributed by atoms with Crippen molar-refractivity contribution in [3.63, 3.8) is 0 Å². The zero-order valence-corrected chi connectivity index (χ0v) is 27.0. The van der Waals surface area contributed by atoms with E-state index in [-0.39, 0.29) is 18.6 Å². The SMILES string of the molecule is [C-]#[N+]C[C@H]1CN(c2nc(OCC34CCCN3CCC4)nc3c2C(C)(C)OC(c2nc(N)cc4ccccc24)C3)CCN1C(=O)C(=C)F. The van der Waals surface area contributed by atoms with Gasteiger partial charge in [-0.2, -0.15) is 9.97 Å². The van der Waals surface area contributed by atoms with Gasteiger partial charge < -0.3 is 29.9 Å². The minimum absolute atomic E-state index is 0.0101. The lowest BCUT2D eigenvalue weighted by Crippen LogP contribution is -2.57. The normalized spacial score (nSPS) is 23.3. The number of ether oxygens (including phenoxy) is 2. The molecule has 7 rings (SSSR count). The molecule has 0 spiro atoms. The number of carbonyl (C=O) groups is 1. The van der Waals surface area contributed by atoms with E-state index in [4.69, 9.17) is 36.7 Å². The highest BCUT2D eigenvalue weighted by Gasteiger charge is 2.46. The first-order chi connectivity index (χ1) is 22.6. The molecule has 0 bridgehead atoms. The van der Waals surface area contributed by atoms with Crippen molar-refractivity contribution in [2.24, 2.45) is 0 Å². The van der Waals surface area contributed by atoms with Crippen LogP contribution in [0.5, 0.6) is 6.01 Å². The zero-order valence-electron chi connectivity index (χ0n) is 27.0. The molecule has 0 saturated carbocycles. The van der Waals surface area contributed by atoms with Gasteiger partial charge in [-0.3, -0.25) is 9.69 Å². The van der Waals surface area contributed by atoms with Gasteiger partial charge in [-0.15, -0.1) is 0 Å². The summed E-state index contributed by atoms with van der Waals surface area (Å²) in [7, 11) is 0. The number of fused-ring (bicyclic) bond motifs is 3. The minimum atomic E-state index is -1.03. The maximum absolute atomic E-state index is 14.0. The van der Waals surface area contributed by atoms with Crippen LogP contribution in [0.1, 0.15) is 62.6 Å². The number of rotatable bonds is 7. The number of hydrogen-bond acceptors (Lipinski definition) is 9. The Hall–Kier alpha value is -4.34. The molecule has 4 aliphatic heterocycles. The molecule has 1 amide bonds. The number of nitrogens with zero attached hydrogens (tertiary/aromatic N) is 7. The summed E-state index contributed by atoms with van der Waals surface area (Å²) in [6.07, 6.45) is 4.50. The van der Waals surface area contributed by atoms with Crippen LogP contribution in [0, 0.1) is 6.57 Å². The van der Waals surface area contributed by atoms with Crippen LogP contribution in [0.4, 0.5) is 16.0 Å². The number of nitrogen functional groups attached to an aromatic ring is 1. The first-order valence-electron chi connectivity index (χ1n) is 16.4. The lowest BCUT2D eigenvalue weighted by atomic mass is 9.88. The predicted octanol–water partition coefficient (Wildman–Crippen LogP) is 4.58. The number of carbonyl (C=O) groups excluding carboxylic acids is 1. The molecule has 1 unspecified atom stereocenters. The molecule has 6 heterocycles. The monoisotopic (exact) mass is 640 g/mol. The van der Waals surface area contributed by atoms with Crippen LogP contribution in [0.15, 0.2) is 42.7 Å². The average molecular weight is 641 g/mol. The summed E-state index contributed by atoms with van der Waals surface area (Å²) in [4.78, 5) is 37.0. The molecule has 0 aliphatic carbocycles. The lowest BCUT2D eigenvalue weighted by molar-refractivity contribution is -0.131. The van der Waals surface area contributed by atoms with Crippen molar-refractivity contribution in [3.8, 4) is 6.01 Å². The Bertz CT molecular complexity index is 1760. The molecule has 3 fully saturated rings. The summed E-state index contributed by atoms with van der Waals surface area (Å²) < 4.78 is 27.3. The highest BCUT2D eigenvalue weighted by atomic mass is 19.1. The van der Waals surface area contributed by atoms with Crippen LogP contribution in [0.2, 0.25) is 0 Å². The molecule has 12 heteroatoms. The van der Waals surface area contributed by atoms with E-state index in [0.29, 0.717) is 43.8 Å². The number of nitrogens with two attached hydrogens (primary N) is 1. The maximum atomic E-state index is 14.0. The van der Waals surface area contributed by atoms with Crippen molar-refractivity contribution in [1.82, 2.24) is 24.8 Å². The summed E-state index contributed by atoms with van der Waals surface area (Å²) in [5.41, 5.74) is 7.81. The second-order valence-electron chi connectivity index (χ2n) is 13.7. The fourth-order valence-electron chi connectivity index (χ4n) is 8.20. The van der Waals surface area contributed by atoms with E-state index in [9.17, 15) is 9.18 Å². The van der Waals surface area contributed by atoms with Crippen molar-refractivity contribution < 1.29 is 18.7 Å². The smallest absolute Gasteiger partial charge is 0.318 e. The van der Waals surface area contributed by atoms with Crippen LogP contribution in [0.25, 0.3) is 15.6 Å². The van der Waals surface area contributed by atoms with E-state index in [2.05, 4.69) is 21.2 Å². The van der Waals surface area contributed by atoms with Crippen molar-refractivity contribution in [2.75, 3.05) is 56.5 Å². The van der Waals surface area contributed by atoms with E-state index < -0.39 is 29.5 Å². The number of anilines is 2. The standard InChI is InChI=1S/C35H41FN8O3/c1-22(36)32(45)44-16-15-42(20-24(44)19-38-4)31-29-26(39-33(41-31)46-21-35-11-7-13-43(35)14-8-12-35)18-27(47-34(29,2)3)30-25-10-6-5-9-23(25)17-28(37)40-30/h5-6,9-10,17,24,27H,1,7-8,11-16,18-21H2,2-3H3,(H2,37,40)/t24-,27?/m0/s1. The number of halogens is 1. The van der Waals surface area contributed by atoms with Gasteiger partial charge in [0, 0.05) is 37.0 Å². The first kappa shape index (κ1) is 31.3. The zero-order chi connectivity index (χ0) is 32.9. The Balaban J connectivity index is 1.29. The van der Waals surface area contributed by atoms with Crippen molar-refractivity contribution in [1.29, 1.82) is 0 Å². The van der Waals surface area contributed by atoms with Gasteiger partial charge >= 0.3 is 6.01 Å². The van der Waals surface area contributed by atoms with Crippen molar-refractivity contribution >= 4 is 28.3 Å². The van der Waals surface area contributed by atoms with Crippen LogP contribution < -0.4 is 15.4 Å². The van der Waals surface area contributed by atoms with Gasteiger partial charge in [0.1, 0.15) is 30.4 Å². The van der Waals surface area contributed by atoms with Crippen molar-refractivity contribution in [2.45, 2.75) is 69.2 Å². The fourth-order valence-corrected chi connectivity index (χ4v) is 8.20. The Kier molecular flexibility index (Phi) is 8.00. The molecule has 3 saturated heterocycles. The van der Waals surface area contributed by atoms with E-state index in [0.717, 1.165) is 66.5 Å². The average Bonchev–Trinajstić information content (AvgIpc) is 3.63. The largest absolute Gasteiger partial charge is 0.461 e. The minimum Gasteiger partial charge on any atom is -0.461 e. The number of piperazine rings is 1. The third kappa shape index (κ3) is 5.65. The molecule has 2 atom stereocenters. The quantitative estimate of drug-likeness (QED) is 0.293. The maximum Gasteiger partial charge on any atom is 0.318 e. The third-order valence-electron chi connectivity index (χ3n) is 10.3. The van der Waals surface area contributed by atoms with E-state index in [1.165, 1.54) is 4.90 Å². The molecule has 1 aromatic carbocycles. The van der Waals surface area contributed by atoms with Crippen LogP contribution >= 0.6 is 0 Å². The summed E-state index contributed by atoms with van der Waals surface area (Å²) in [5, 5.41) is 1.95. The number of benzene rings is 1. The van der Waals surface area contributed by atoms with Crippen molar-refractivity contribution in [3.05, 3.63) is 71.1 Å². The molecule has 3 aromatic rings. The summed E-state index contributed by atoms with van der Waals surface area (Å²) in [5.74, 6) is -0.743. The number of amides is 1. The highest BCUT2D eigenvalue weighted by molar-refractivity contribution is 5.91. The molecule has 4 aliphatic rings. The second-order valence-corrected chi connectivity index (χ2v) is 13.7. The van der Waals surface area contributed by atoms with Gasteiger partial charge in [-0.1, -0.05) is 30.8 Å². The van der Waals surface area contributed by atoms with Crippen LogP contribution in [-0.2, 0) is 21.6 Å². The summed E-state index contributed by atoms with van der Waals surface area (Å²) in [6.45, 7) is 18.3. The first-order valence-corrected chi connectivity index (χ1v) is 16.4. The van der Waals surface area contributed by atoms with Crippen LogP contribution in [0.3, 0.4) is 0 Å². The second kappa shape index (κ2) is 12.0. The molecule has 2 aromatic heterocycles. The van der Waals surface area contributed by atoms with Gasteiger partial charge in [-0.25, -0.2) is 15.9 Å². The van der Waals surface area contributed by atoms with Gasteiger partial charge in [0.2, 0.25) is 6.54 Å². The predicted molar refractivity (Wildman–Crippen MR) is 176 cm³/mol. The Morgan fingerprint density at radius 3 is 2.68 bits per heavy atom. The molecule has 0 radical (unpaired) electrons. The topological polar surface area (TPSA) is 114 Å². The molecule has 11 nitrogen and oxygen atoms in total. The Morgan fingerprint density at radius 2 is 1.94 bits per heavy atom. The fraction of sp³-hybridized carbons (Fsp3) is 0.514. The van der Waals surface area contributed by atoms with E-state index in [1.807, 2.05) is 44.2 Å². The third-order valence-corrected chi connectivity index (χ3v) is 10.3. The molecular weight excluding hydrogens is 599 g/mol. The van der Waals surface area contributed by atoms with Crippen LogP contribution in [-0.4, -0.2) is 88.1 Å². The highest BCUT2D eigenvalue weighted by Crippen LogP contribution is 2.46. The molecule has 47 heavy (non-hydrogen) atoms. The number of hydrogen-bond donors (Lipinski definition) is 1. The Morgan fingerprint density at radius 1 is 1.17 bits per heavy atom. The molecule has 2 N–H and O–H groups in total. The molecule has 246 valence electrons.